The normalized spacial score (nSPS) is 18.8. The summed E-state index contributed by atoms with van der Waals surface area (Å²) in [6, 6.07) is 5.68. The fourth-order valence-electron chi connectivity index (χ4n) is 2.66. The van der Waals surface area contributed by atoms with Crippen LogP contribution in [0.3, 0.4) is 0 Å². The van der Waals surface area contributed by atoms with Crippen molar-refractivity contribution in [1.82, 2.24) is 4.90 Å². The van der Waals surface area contributed by atoms with Gasteiger partial charge in [0.15, 0.2) is 5.78 Å². The van der Waals surface area contributed by atoms with E-state index in [0.29, 0.717) is 25.1 Å². The fraction of sp³-hybridized carbons (Fsp3) is 0.467. The summed E-state index contributed by atoms with van der Waals surface area (Å²) in [5.41, 5.74) is 0.218. The number of aliphatic carboxylic acids is 1. The molecule has 0 amide bonds. The number of Topliss-reactive ketones (excluding diaryl/α,β-unsaturated/α-hetero) is 1. The summed E-state index contributed by atoms with van der Waals surface area (Å²) in [5.74, 6) is -1.34. The highest BCUT2D eigenvalue weighted by Gasteiger charge is 2.25. The number of nitrogens with zero attached hydrogens (tertiary/aromatic N) is 2. The number of carbonyl (C=O) groups excluding carboxylic acids is 1. The number of benzene rings is 1. The summed E-state index contributed by atoms with van der Waals surface area (Å²) in [7, 11) is 0. The number of carbonyl (C=O) groups is 2. The number of carboxylic acids is 1. The van der Waals surface area contributed by atoms with E-state index in [9.17, 15) is 19.7 Å². The summed E-state index contributed by atoms with van der Waals surface area (Å²) in [4.78, 5) is 35.3. The van der Waals surface area contributed by atoms with Gasteiger partial charge in [-0.2, -0.15) is 0 Å². The molecule has 0 aliphatic carbocycles. The largest absolute Gasteiger partial charge is 0.481 e. The van der Waals surface area contributed by atoms with Crippen molar-refractivity contribution in [1.29, 1.82) is 0 Å². The third kappa shape index (κ3) is 4.11. The Labute approximate surface area is 127 Å². The number of piperidine rings is 1. The fourth-order valence-corrected chi connectivity index (χ4v) is 2.66. The van der Waals surface area contributed by atoms with Crippen LogP contribution in [0.2, 0.25) is 0 Å². The molecule has 7 heteroatoms. The average molecular weight is 306 g/mol. The van der Waals surface area contributed by atoms with Gasteiger partial charge in [-0.3, -0.25) is 19.7 Å². The molecule has 1 aromatic carbocycles. The summed E-state index contributed by atoms with van der Waals surface area (Å²) in [6.07, 6.45) is 1.71. The first kappa shape index (κ1) is 16.1. The van der Waals surface area contributed by atoms with Crippen LogP contribution in [0.5, 0.6) is 0 Å². The van der Waals surface area contributed by atoms with Gasteiger partial charge in [0.1, 0.15) is 0 Å². The molecule has 22 heavy (non-hydrogen) atoms. The van der Waals surface area contributed by atoms with E-state index in [0.717, 1.165) is 13.0 Å². The molecule has 118 valence electrons. The van der Waals surface area contributed by atoms with Gasteiger partial charge in [0.05, 0.1) is 10.8 Å². The Morgan fingerprint density at radius 2 is 2.18 bits per heavy atom. The summed E-state index contributed by atoms with van der Waals surface area (Å²) < 4.78 is 0. The van der Waals surface area contributed by atoms with Crippen molar-refractivity contribution in [2.75, 3.05) is 19.6 Å². The third-order valence-electron chi connectivity index (χ3n) is 3.89. The Morgan fingerprint density at radius 3 is 2.86 bits per heavy atom. The van der Waals surface area contributed by atoms with Crippen molar-refractivity contribution in [3.8, 4) is 0 Å². The first-order valence-corrected chi connectivity index (χ1v) is 7.20. The Balaban J connectivity index is 1.91. The Bertz CT molecular complexity index is 587. The zero-order valence-corrected chi connectivity index (χ0v) is 12.1. The number of nitro groups is 1. The highest BCUT2D eigenvalue weighted by molar-refractivity contribution is 5.96. The van der Waals surface area contributed by atoms with Crippen LogP contribution in [0.15, 0.2) is 24.3 Å². The van der Waals surface area contributed by atoms with Crippen LogP contribution in [-0.2, 0) is 4.79 Å². The van der Waals surface area contributed by atoms with Gasteiger partial charge >= 0.3 is 5.97 Å². The lowest BCUT2D eigenvalue weighted by Gasteiger charge is -2.30. The number of carboxylic acid groups (broad SMARTS) is 1. The van der Waals surface area contributed by atoms with E-state index in [1.165, 1.54) is 18.2 Å². The molecule has 0 spiro atoms. The summed E-state index contributed by atoms with van der Waals surface area (Å²) in [5, 5.41) is 19.7. The first-order chi connectivity index (χ1) is 10.5. The Kier molecular flexibility index (Phi) is 5.21. The number of non-ortho nitro benzene ring substituents is 1. The predicted molar refractivity (Wildman–Crippen MR) is 78.8 cm³/mol. The third-order valence-corrected chi connectivity index (χ3v) is 3.89. The number of likely N-dealkylation sites (tertiary alicyclic amines) is 1. The van der Waals surface area contributed by atoms with Gasteiger partial charge in [-0.1, -0.05) is 12.1 Å². The van der Waals surface area contributed by atoms with Gasteiger partial charge in [0.2, 0.25) is 0 Å². The van der Waals surface area contributed by atoms with E-state index in [4.69, 9.17) is 5.11 Å². The lowest BCUT2D eigenvalue weighted by molar-refractivity contribution is -0.384. The quantitative estimate of drug-likeness (QED) is 0.490. The van der Waals surface area contributed by atoms with Crippen molar-refractivity contribution >= 4 is 17.4 Å². The lowest BCUT2D eigenvalue weighted by atomic mass is 9.98. The Hall–Kier alpha value is -2.28. The maximum absolute atomic E-state index is 12.1. The second-order valence-corrected chi connectivity index (χ2v) is 5.46. The summed E-state index contributed by atoms with van der Waals surface area (Å²) >= 11 is 0. The zero-order valence-electron chi connectivity index (χ0n) is 12.1. The van der Waals surface area contributed by atoms with Crippen LogP contribution < -0.4 is 0 Å². The Morgan fingerprint density at radius 1 is 1.41 bits per heavy atom. The van der Waals surface area contributed by atoms with Gasteiger partial charge in [0, 0.05) is 37.2 Å². The van der Waals surface area contributed by atoms with E-state index < -0.39 is 10.9 Å². The van der Waals surface area contributed by atoms with E-state index in [2.05, 4.69) is 0 Å². The van der Waals surface area contributed by atoms with Crippen molar-refractivity contribution in [3.63, 3.8) is 0 Å². The van der Waals surface area contributed by atoms with Gasteiger partial charge in [-0.05, 0) is 19.4 Å². The number of nitro benzene ring substituents is 1. The molecule has 1 saturated heterocycles. The molecule has 0 saturated carbocycles. The molecule has 1 N–H and O–H groups in total. The number of hydrogen-bond donors (Lipinski definition) is 1. The molecule has 1 heterocycles. The SMILES string of the molecule is O=C(CCN1CCCC(C(=O)O)C1)c1cccc([N+](=O)[O-])c1. The minimum Gasteiger partial charge on any atom is -0.481 e. The first-order valence-electron chi connectivity index (χ1n) is 7.20. The predicted octanol–water partition coefficient (Wildman–Crippen LogP) is 1.96. The molecule has 1 aliphatic heterocycles. The van der Waals surface area contributed by atoms with Crippen molar-refractivity contribution in [2.45, 2.75) is 19.3 Å². The van der Waals surface area contributed by atoms with Crippen molar-refractivity contribution < 1.29 is 19.6 Å². The minimum atomic E-state index is -0.797. The molecule has 2 rings (SSSR count). The standard InChI is InChI=1S/C15H18N2O5/c18-14(11-3-1-5-13(9-11)17(21)22)6-8-16-7-2-4-12(10-16)15(19)20/h1,3,5,9,12H,2,4,6-8,10H2,(H,19,20). The smallest absolute Gasteiger partial charge is 0.307 e. The second kappa shape index (κ2) is 7.13. The molecule has 1 atom stereocenters. The van der Waals surface area contributed by atoms with Crippen LogP contribution in [0.1, 0.15) is 29.6 Å². The molecular weight excluding hydrogens is 288 g/mol. The van der Waals surface area contributed by atoms with Crippen LogP contribution >= 0.6 is 0 Å². The molecule has 0 bridgehead atoms. The monoisotopic (exact) mass is 306 g/mol. The van der Waals surface area contributed by atoms with E-state index in [1.807, 2.05) is 4.90 Å². The van der Waals surface area contributed by atoms with Gasteiger partial charge in [-0.25, -0.2) is 0 Å². The molecular formula is C15H18N2O5. The second-order valence-electron chi connectivity index (χ2n) is 5.46. The van der Waals surface area contributed by atoms with E-state index in [-0.39, 0.29) is 23.8 Å². The lowest BCUT2D eigenvalue weighted by Crippen LogP contribution is -2.39. The maximum atomic E-state index is 12.1. The molecule has 1 unspecified atom stereocenters. The van der Waals surface area contributed by atoms with Crippen LogP contribution in [0.25, 0.3) is 0 Å². The molecule has 0 radical (unpaired) electrons. The molecule has 1 aliphatic rings. The number of rotatable bonds is 6. The van der Waals surface area contributed by atoms with Crippen molar-refractivity contribution in [2.24, 2.45) is 5.92 Å². The topological polar surface area (TPSA) is 101 Å². The number of hydrogen-bond acceptors (Lipinski definition) is 5. The number of ketones is 1. The van der Waals surface area contributed by atoms with Gasteiger partial charge < -0.3 is 10.0 Å². The van der Waals surface area contributed by atoms with E-state index >= 15 is 0 Å². The van der Waals surface area contributed by atoms with Crippen molar-refractivity contribution in [3.05, 3.63) is 39.9 Å². The molecule has 1 aromatic rings. The van der Waals surface area contributed by atoms with Crippen LogP contribution in [-0.4, -0.2) is 46.3 Å². The molecule has 1 fully saturated rings. The summed E-state index contributed by atoms with van der Waals surface area (Å²) in [6.45, 7) is 1.72. The highest BCUT2D eigenvalue weighted by Crippen LogP contribution is 2.18. The van der Waals surface area contributed by atoms with Gasteiger partial charge in [0.25, 0.3) is 5.69 Å². The van der Waals surface area contributed by atoms with Crippen LogP contribution in [0, 0.1) is 16.0 Å². The molecule has 0 aromatic heterocycles. The highest BCUT2D eigenvalue weighted by atomic mass is 16.6. The maximum Gasteiger partial charge on any atom is 0.307 e. The average Bonchev–Trinajstić information content (AvgIpc) is 2.53. The van der Waals surface area contributed by atoms with Crippen LogP contribution in [0.4, 0.5) is 5.69 Å². The molecule has 7 nitrogen and oxygen atoms in total. The zero-order chi connectivity index (χ0) is 16.1. The minimum absolute atomic E-state index is 0.102. The van der Waals surface area contributed by atoms with Gasteiger partial charge in [-0.15, -0.1) is 0 Å². The van der Waals surface area contributed by atoms with E-state index in [1.54, 1.807) is 6.07 Å².